The molecule has 6 nitrogen and oxygen atoms in total. The molecule has 6 heteroatoms. The van der Waals surface area contributed by atoms with E-state index in [1.54, 1.807) is 13.2 Å². The van der Waals surface area contributed by atoms with Crippen molar-refractivity contribution in [2.45, 2.75) is 27.2 Å². The molecule has 1 aromatic carbocycles. The van der Waals surface area contributed by atoms with Crippen LogP contribution in [0.4, 0.5) is 0 Å². The van der Waals surface area contributed by atoms with Crippen molar-refractivity contribution in [2.24, 2.45) is 5.41 Å². The highest BCUT2D eigenvalue weighted by atomic mass is 16.5. The van der Waals surface area contributed by atoms with E-state index in [2.05, 4.69) is 4.90 Å². The average molecular weight is 389 g/mol. The quantitative estimate of drug-likeness (QED) is 0.506. The summed E-state index contributed by atoms with van der Waals surface area (Å²) in [7, 11) is 1.62. The van der Waals surface area contributed by atoms with E-state index in [1.165, 1.54) is 6.08 Å². The van der Waals surface area contributed by atoms with Crippen LogP contribution in [-0.4, -0.2) is 68.1 Å². The lowest BCUT2D eigenvalue weighted by molar-refractivity contribution is -0.142. The predicted molar refractivity (Wildman–Crippen MR) is 110 cm³/mol. The van der Waals surface area contributed by atoms with Gasteiger partial charge in [0.25, 0.3) is 0 Å². The van der Waals surface area contributed by atoms with Crippen LogP contribution < -0.4 is 4.74 Å². The van der Waals surface area contributed by atoms with E-state index in [4.69, 9.17) is 9.47 Å². The van der Waals surface area contributed by atoms with Gasteiger partial charge in [0.2, 0.25) is 5.91 Å². The first kappa shape index (κ1) is 22.0. The van der Waals surface area contributed by atoms with Crippen molar-refractivity contribution >= 4 is 18.0 Å². The molecule has 0 saturated carbocycles. The van der Waals surface area contributed by atoms with Gasteiger partial charge in [-0.05, 0) is 30.2 Å². The van der Waals surface area contributed by atoms with Crippen molar-refractivity contribution in [3.63, 3.8) is 0 Å². The van der Waals surface area contributed by atoms with E-state index >= 15 is 0 Å². The molecule has 1 aliphatic rings. The number of benzene rings is 1. The topological polar surface area (TPSA) is 59.1 Å². The van der Waals surface area contributed by atoms with E-state index in [0.717, 1.165) is 43.9 Å². The number of methoxy groups -OCH3 is 1. The van der Waals surface area contributed by atoms with E-state index in [-0.39, 0.29) is 17.3 Å². The van der Waals surface area contributed by atoms with Crippen molar-refractivity contribution < 1.29 is 19.1 Å². The number of ether oxygens (including phenoxy) is 2. The fourth-order valence-corrected chi connectivity index (χ4v) is 2.96. The maximum Gasteiger partial charge on any atom is 0.330 e. The number of hydrogen-bond donors (Lipinski definition) is 0. The zero-order chi connectivity index (χ0) is 20.6. The van der Waals surface area contributed by atoms with Gasteiger partial charge in [-0.3, -0.25) is 9.69 Å². The summed E-state index contributed by atoms with van der Waals surface area (Å²) >= 11 is 0. The monoisotopic (exact) mass is 388 g/mol. The van der Waals surface area contributed by atoms with Gasteiger partial charge >= 0.3 is 5.97 Å². The van der Waals surface area contributed by atoms with Gasteiger partial charge in [-0.15, -0.1) is 0 Å². The molecule has 0 unspecified atom stereocenters. The lowest BCUT2D eigenvalue weighted by Crippen LogP contribution is -2.52. The molecule has 0 bridgehead atoms. The molecule has 1 heterocycles. The van der Waals surface area contributed by atoms with Crippen LogP contribution in [-0.2, 0) is 14.3 Å². The Balaban J connectivity index is 1.67. The summed E-state index contributed by atoms with van der Waals surface area (Å²) in [6, 6.07) is 7.44. The third-order valence-corrected chi connectivity index (χ3v) is 5.30. The number of carbonyl (C=O) groups excluding carboxylic acids is 2. The lowest BCUT2D eigenvalue weighted by Gasteiger charge is -2.38. The first-order chi connectivity index (χ1) is 13.4. The Hall–Kier alpha value is -2.34. The van der Waals surface area contributed by atoms with Crippen LogP contribution in [0.5, 0.6) is 5.75 Å². The van der Waals surface area contributed by atoms with Crippen LogP contribution in [0.1, 0.15) is 32.8 Å². The maximum absolute atomic E-state index is 12.5. The predicted octanol–water partition coefficient (Wildman–Crippen LogP) is 2.83. The summed E-state index contributed by atoms with van der Waals surface area (Å²) in [5, 5.41) is 0. The van der Waals surface area contributed by atoms with Gasteiger partial charge in [0.05, 0.1) is 7.11 Å². The number of piperazine rings is 1. The summed E-state index contributed by atoms with van der Waals surface area (Å²) in [4.78, 5) is 28.5. The summed E-state index contributed by atoms with van der Waals surface area (Å²) in [5.41, 5.74) is 0.613. The molecule has 0 atom stereocenters. The van der Waals surface area contributed by atoms with Crippen molar-refractivity contribution in [2.75, 3.05) is 46.4 Å². The minimum absolute atomic E-state index is 0.227. The Morgan fingerprint density at radius 2 is 1.75 bits per heavy atom. The zero-order valence-corrected chi connectivity index (χ0v) is 17.4. The second-order valence-electron chi connectivity index (χ2n) is 7.65. The summed E-state index contributed by atoms with van der Waals surface area (Å²) in [5.74, 6) is 0.652. The molecule has 0 aromatic heterocycles. The van der Waals surface area contributed by atoms with Gasteiger partial charge in [-0.2, -0.15) is 0 Å². The van der Waals surface area contributed by atoms with Crippen LogP contribution >= 0.6 is 0 Å². The number of hydrogen-bond acceptors (Lipinski definition) is 5. The number of carbonyl (C=O) groups is 2. The SMILES string of the molecule is CCC(C)(C)C(=O)N1CCN(CCOC(=O)/C=C/c2ccc(OC)cc2)CC1. The molecule has 1 fully saturated rings. The van der Waals surface area contributed by atoms with Crippen molar-refractivity contribution in [3.8, 4) is 5.75 Å². The summed E-state index contributed by atoms with van der Waals surface area (Å²) in [6.45, 7) is 10.2. The molecule has 1 amide bonds. The van der Waals surface area contributed by atoms with Gasteiger partial charge < -0.3 is 14.4 Å². The molecule has 1 aromatic rings. The van der Waals surface area contributed by atoms with Gasteiger partial charge in [0, 0.05) is 44.2 Å². The van der Waals surface area contributed by atoms with Crippen molar-refractivity contribution in [3.05, 3.63) is 35.9 Å². The molecular formula is C22H32N2O4. The van der Waals surface area contributed by atoms with Gasteiger partial charge in [-0.1, -0.05) is 32.9 Å². The van der Waals surface area contributed by atoms with E-state index in [0.29, 0.717) is 13.2 Å². The van der Waals surface area contributed by atoms with E-state index in [9.17, 15) is 9.59 Å². The fraction of sp³-hybridized carbons (Fsp3) is 0.545. The molecule has 0 radical (unpaired) electrons. The third kappa shape index (κ3) is 6.37. The van der Waals surface area contributed by atoms with Crippen molar-refractivity contribution in [1.29, 1.82) is 0 Å². The molecule has 2 rings (SSSR count). The number of nitrogens with zero attached hydrogens (tertiary/aromatic N) is 2. The lowest BCUT2D eigenvalue weighted by atomic mass is 9.88. The Morgan fingerprint density at radius 3 is 2.32 bits per heavy atom. The maximum atomic E-state index is 12.5. The van der Waals surface area contributed by atoms with Gasteiger partial charge in [-0.25, -0.2) is 4.79 Å². The van der Waals surface area contributed by atoms with Crippen LogP contribution in [0.2, 0.25) is 0 Å². The zero-order valence-electron chi connectivity index (χ0n) is 17.4. The molecule has 1 saturated heterocycles. The van der Waals surface area contributed by atoms with Crippen LogP contribution in [0, 0.1) is 5.41 Å². The molecule has 1 aliphatic heterocycles. The minimum Gasteiger partial charge on any atom is -0.497 e. The largest absolute Gasteiger partial charge is 0.497 e. The van der Waals surface area contributed by atoms with E-state index < -0.39 is 0 Å². The smallest absolute Gasteiger partial charge is 0.330 e. The van der Waals surface area contributed by atoms with Gasteiger partial charge in [0.15, 0.2) is 0 Å². The van der Waals surface area contributed by atoms with Gasteiger partial charge in [0.1, 0.15) is 12.4 Å². The van der Waals surface area contributed by atoms with Crippen molar-refractivity contribution in [1.82, 2.24) is 9.80 Å². The first-order valence-electron chi connectivity index (χ1n) is 9.86. The Bertz CT molecular complexity index is 674. The third-order valence-electron chi connectivity index (χ3n) is 5.30. The number of rotatable bonds is 8. The molecular weight excluding hydrogens is 356 g/mol. The highest BCUT2D eigenvalue weighted by Gasteiger charge is 2.31. The average Bonchev–Trinajstić information content (AvgIpc) is 2.72. The Morgan fingerprint density at radius 1 is 1.11 bits per heavy atom. The summed E-state index contributed by atoms with van der Waals surface area (Å²) in [6.07, 6.45) is 4.00. The molecule has 0 spiro atoms. The molecule has 154 valence electrons. The second-order valence-corrected chi connectivity index (χ2v) is 7.65. The number of esters is 1. The Labute approximate surface area is 168 Å². The van der Waals surface area contributed by atoms with Crippen LogP contribution in [0.15, 0.2) is 30.3 Å². The normalized spacial score (nSPS) is 15.6. The fourth-order valence-electron chi connectivity index (χ4n) is 2.96. The highest BCUT2D eigenvalue weighted by Crippen LogP contribution is 2.23. The van der Waals surface area contributed by atoms with Crippen LogP contribution in [0.3, 0.4) is 0 Å². The highest BCUT2D eigenvalue weighted by molar-refractivity contribution is 5.87. The van der Waals surface area contributed by atoms with E-state index in [1.807, 2.05) is 49.9 Å². The standard InChI is InChI=1S/C22H32N2O4/c1-5-22(2,3)21(26)24-14-12-23(13-15-24)16-17-28-20(25)11-8-18-6-9-19(27-4)10-7-18/h6-11H,5,12-17H2,1-4H3/b11-8+. The minimum atomic E-state index is -0.352. The Kier molecular flexibility index (Phi) is 8.05. The molecule has 28 heavy (non-hydrogen) atoms. The first-order valence-corrected chi connectivity index (χ1v) is 9.86. The summed E-state index contributed by atoms with van der Waals surface area (Å²) < 4.78 is 10.4. The molecule has 0 N–H and O–H groups in total. The number of amides is 1. The second kappa shape index (κ2) is 10.3. The van der Waals surface area contributed by atoms with Crippen LogP contribution in [0.25, 0.3) is 6.08 Å². The molecule has 0 aliphatic carbocycles.